The van der Waals surface area contributed by atoms with Gasteiger partial charge < -0.3 is 4.90 Å². The smallest absolute Gasteiger partial charge is 0.225 e. The lowest BCUT2D eigenvalue weighted by Gasteiger charge is -2.33. The van der Waals surface area contributed by atoms with E-state index in [0.717, 1.165) is 43.6 Å². The standard InChI is InChI=1S/C21H24Cl2N2O/c1-24(14-16-5-3-2-4-6-16)21(26)17-9-11-25(12-10-17)15-18-7-8-19(22)13-20(18)23/h2-8,13,17H,9-12,14-15H2,1H3. The minimum atomic E-state index is 0.112. The summed E-state index contributed by atoms with van der Waals surface area (Å²) >= 11 is 12.2. The van der Waals surface area contributed by atoms with Gasteiger partial charge in [0.05, 0.1) is 0 Å². The van der Waals surface area contributed by atoms with Gasteiger partial charge in [-0.25, -0.2) is 0 Å². The molecule has 2 aromatic rings. The third-order valence-corrected chi connectivity index (χ3v) is 5.57. The summed E-state index contributed by atoms with van der Waals surface area (Å²) in [4.78, 5) is 16.9. The molecule has 0 bridgehead atoms. The van der Waals surface area contributed by atoms with Crippen molar-refractivity contribution in [2.45, 2.75) is 25.9 Å². The minimum absolute atomic E-state index is 0.112. The van der Waals surface area contributed by atoms with Crippen LogP contribution in [0.25, 0.3) is 0 Å². The second-order valence-electron chi connectivity index (χ2n) is 6.97. The third-order valence-electron chi connectivity index (χ3n) is 4.98. The maximum Gasteiger partial charge on any atom is 0.225 e. The highest BCUT2D eigenvalue weighted by Gasteiger charge is 2.27. The number of nitrogens with zero attached hydrogens (tertiary/aromatic N) is 2. The molecule has 0 saturated carbocycles. The summed E-state index contributed by atoms with van der Waals surface area (Å²) in [6.07, 6.45) is 1.78. The lowest BCUT2D eigenvalue weighted by atomic mass is 9.95. The van der Waals surface area contributed by atoms with Gasteiger partial charge in [-0.15, -0.1) is 0 Å². The first-order valence-electron chi connectivity index (χ1n) is 8.98. The number of benzene rings is 2. The Balaban J connectivity index is 1.50. The summed E-state index contributed by atoms with van der Waals surface area (Å²) in [6, 6.07) is 15.8. The maximum absolute atomic E-state index is 12.7. The summed E-state index contributed by atoms with van der Waals surface area (Å²) in [5.74, 6) is 0.360. The van der Waals surface area contributed by atoms with E-state index < -0.39 is 0 Å². The number of carbonyl (C=O) groups is 1. The van der Waals surface area contributed by atoms with E-state index in [4.69, 9.17) is 23.2 Å². The van der Waals surface area contributed by atoms with Crippen molar-refractivity contribution in [3.05, 3.63) is 69.7 Å². The molecular weight excluding hydrogens is 367 g/mol. The highest BCUT2D eigenvalue weighted by Crippen LogP contribution is 2.25. The van der Waals surface area contributed by atoms with Crippen LogP contribution in [0.5, 0.6) is 0 Å². The van der Waals surface area contributed by atoms with Crippen molar-refractivity contribution in [1.29, 1.82) is 0 Å². The van der Waals surface area contributed by atoms with Crippen LogP contribution in [0, 0.1) is 5.92 Å². The largest absolute Gasteiger partial charge is 0.341 e. The lowest BCUT2D eigenvalue weighted by molar-refractivity contribution is -0.136. The molecule has 2 aromatic carbocycles. The first-order chi connectivity index (χ1) is 12.5. The number of rotatable bonds is 5. The van der Waals surface area contributed by atoms with Gasteiger partial charge in [-0.3, -0.25) is 9.69 Å². The molecule has 0 radical (unpaired) electrons. The fourth-order valence-electron chi connectivity index (χ4n) is 3.48. The van der Waals surface area contributed by atoms with Gasteiger partial charge in [0, 0.05) is 36.1 Å². The summed E-state index contributed by atoms with van der Waals surface area (Å²) in [6.45, 7) is 3.29. The van der Waals surface area contributed by atoms with E-state index in [2.05, 4.69) is 17.0 Å². The van der Waals surface area contributed by atoms with Crippen LogP contribution in [0.4, 0.5) is 0 Å². The molecule has 0 aromatic heterocycles. The zero-order valence-corrected chi connectivity index (χ0v) is 16.5. The van der Waals surface area contributed by atoms with E-state index in [1.54, 1.807) is 6.07 Å². The molecule has 3 nitrogen and oxygen atoms in total. The Labute approximate surface area is 165 Å². The Morgan fingerprint density at radius 3 is 2.46 bits per heavy atom. The predicted octanol–water partition coefficient (Wildman–Crippen LogP) is 4.86. The van der Waals surface area contributed by atoms with E-state index in [1.807, 2.05) is 42.3 Å². The Kier molecular flexibility index (Phi) is 6.58. The molecule has 1 saturated heterocycles. The van der Waals surface area contributed by atoms with Crippen molar-refractivity contribution in [1.82, 2.24) is 9.80 Å². The van der Waals surface area contributed by atoms with Crippen LogP contribution in [0.1, 0.15) is 24.0 Å². The van der Waals surface area contributed by atoms with Gasteiger partial charge in [0.15, 0.2) is 0 Å². The molecule has 1 amide bonds. The number of hydrogen-bond acceptors (Lipinski definition) is 2. The van der Waals surface area contributed by atoms with Crippen LogP contribution in [0.2, 0.25) is 10.0 Å². The van der Waals surface area contributed by atoms with Crippen molar-refractivity contribution >= 4 is 29.1 Å². The van der Waals surface area contributed by atoms with Gasteiger partial charge >= 0.3 is 0 Å². The van der Waals surface area contributed by atoms with Gasteiger partial charge in [-0.05, 0) is 49.2 Å². The number of hydrogen-bond donors (Lipinski definition) is 0. The molecule has 1 aliphatic heterocycles. The second-order valence-corrected chi connectivity index (χ2v) is 7.81. The topological polar surface area (TPSA) is 23.6 Å². The molecule has 1 heterocycles. The molecule has 3 rings (SSSR count). The summed E-state index contributed by atoms with van der Waals surface area (Å²) in [5.41, 5.74) is 2.25. The quantitative estimate of drug-likeness (QED) is 0.727. The highest BCUT2D eigenvalue weighted by atomic mass is 35.5. The van der Waals surface area contributed by atoms with Gasteiger partial charge in [0.1, 0.15) is 0 Å². The lowest BCUT2D eigenvalue weighted by Crippen LogP contribution is -2.40. The van der Waals surface area contributed by atoms with Crippen LogP contribution < -0.4 is 0 Å². The monoisotopic (exact) mass is 390 g/mol. The number of amides is 1. The molecule has 138 valence electrons. The molecule has 0 spiro atoms. The van der Waals surface area contributed by atoms with Crippen molar-refractivity contribution in [3.63, 3.8) is 0 Å². The van der Waals surface area contributed by atoms with Crippen molar-refractivity contribution in [2.75, 3.05) is 20.1 Å². The zero-order valence-electron chi connectivity index (χ0n) is 15.0. The summed E-state index contributed by atoms with van der Waals surface area (Å²) in [5, 5.41) is 1.36. The van der Waals surface area contributed by atoms with Crippen LogP contribution in [-0.4, -0.2) is 35.8 Å². The Morgan fingerprint density at radius 2 is 1.81 bits per heavy atom. The number of halogens is 2. The molecule has 0 aliphatic carbocycles. The average Bonchev–Trinajstić information content (AvgIpc) is 2.65. The molecule has 5 heteroatoms. The molecule has 0 atom stereocenters. The van der Waals surface area contributed by atoms with E-state index in [9.17, 15) is 4.79 Å². The second kappa shape index (κ2) is 8.90. The van der Waals surface area contributed by atoms with Crippen molar-refractivity contribution < 1.29 is 4.79 Å². The van der Waals surface area contributed by atoms with Crippen molar-refractivity contribution in [2.24, 2.45) is 5.92 Å². The van der Waals surface area contributed by atoms with Crippen LogP contribution >= 0.6 is 23.2 Å². The SMILES string of the molecule is CN(Cc1ccccc1)C(=O)C1CCN(Cc2ccc(Cl)cc2Cl)CC1. The van der Waals surface area contributed by atoms with Gasteiger partial charge in [0.25, 0.3) is 0 Å². The number of carbonyl (C=O) groups excluding carboxylic acids is 1. The van der Waals surface area contributed by atoms with E-state index >= 15 is 0 Å². The van der Waals surface area contributed by atoms with Gasteiger partial charge in [0.2, 0.25) is 5.91 Å². The Hall–Kier alpha value is -1.55. The number of piperidine rings is 1. The normalized spacial score (nSPS) is 15.8. The molecule has 26 heavy (non-hydrogen) atoms. The summed E-state index contributed by atoms with van der Waals surface area (Å²) < 4.78 is 0. The first kappa shape index (κ1) is 19.2. The van der Waals surface area contributed by atoms with Crippen LogP contribution in [0.3, 0.4) is 0 Å². The fourth-order valence-corrected chi connectivity index (χ4v) is 3.94. The molecule has 0 N–H and O–H groups in total. The Morgan fingerprint density at radius 1 is 1.12 bits per heavy atom. The van der Waals surface area contributed by atoms with Crippen LogP contribution in [-0.2, 0) is 17.9 Å². The maximum atomic E-state index is 12.7. The Bertz CT molecular complexity index is 743. The molecule has 1 aliphatic rings. The average molecular weight is 391 g/mol. The first-order valence-corrected chi connectivity index (χ1v) is 9.73. The molecular formula is C21H24Cl2N2O. The molecule has 0 unspecified atom stereocenters. The fraction of sp³-hybridized carbons (Fsp3) is 0.381. The predicted molar refractivity (Wildman–Crippen MR) is 107 cm³/mol. The van der Waals surface area contributed by atoms with Gasteiger partial charge in [-0.2, -0.15) is 0 Å². The number of likely N-dealkylation sites (tertiary alicyclic amines) is 1. The van der Waals surface area contributed by atoms with Gasteiger partial charge in [-0.1, -0.05) is 59.6 Å². The van der Waals surface area contributed by atoms with Crippen molar-refractivity contribution in [3.8, 4) is 0 Å². The van der Waals surface area contributed by atoms with E-state index in [1.165, 1.54) is 0 Å². The minimum Gasteiger partial charge on any atom is -0.341 e. The zero-order chi connectivity index (χ0) is 18.5. The third kappa shape index (κ3) is 5.00. The van der Waals surface area contributed by atoms with Crippen LogP contribution in [0.15, 0.2) is 48.5 Å². The van der Waals surface area contributed by atoms with E-state index in [-0.39, 0.29) is 11.8 Å². The summed E-state index contributed by atoms with van der Waals surface area (Å²) in [7, 11) is 1.90. The molecule has 1 fully saturated rings. The highest BCUT2D eigenvalue weighted by molar-refractivity contribution is 6.35. The van der Waals surface area contributed by atoms with E-state index in [0.29, 0.717) is 16.6 Å².